The van der Waals surface area contributed by atoms with Crippen LogP contribution in [-0.2, 0) is 9.53 Å². The Bertz CT molecular complexity index is 564. The zero-order chi connectivity index (χ0) is 15.4. The zero-order valence-electron chi connectivity index (χ0n) is 12.7. The van der Waals surface area contributed by atoms with Crippen LogP contribution in [0.1, 0.15) is 36.4 Å². The van der Waals surface area contributed by atoms with E-state index in [0.717, 1.165) is 6.42 Å². The van der Waals surface area contributed by atoms with Gasteiger partial charge in [-0.2, -0.15) is 0 Å². The summed E-state index contributed by atoms with van der Waals surface area (Å²) in [6.07, 6.45) is 0.766. The fraction of sp³-hybridized carbons (Fsp3) is 0.316. The Balaban J connectivity index is 1.89. The van der Waals surface area contributed by atoms with Crippen molar-refractivity contribution in [2.24, 2.45) is 0 Å². The number of benzene rings is 2. The highest BCUT2D eigenvalue weighted by Gasteiger charge is 2.39. The van der Waals surface area contributed by atoms with E-state index < -0.39 is 0 Å². The quantitative estimate of drug-likeness (QED) is 0.878. The summed E-state index contributed by atoms with van der Waals surface area (Å²) in [6.45, 7) is 2.26. The van der Waals surface area contributed by atoms with Crippen LogP contribution in [0.15, 0.2) is 60.7 Å². The van der Waals surface area contributed by atoms with Crippen molar-refractivity contribution in [3.8, 4) is 0 Å². The molecule has 1 aliphatic rings. The zero-order valence-corrected chi connectivity index (χ0v) is 12.7. The summed E-state index contributed by atoms with van der Waals surface area (Å²) in [5.41, 5.74) is 2.47. The summed E-state index contributed by atoms with van der Waals surface area (Å²) >= 11 is 0. The number of hydrogen-bond donors (Lipinski definition) is 1. The molecule has 0 spiro atoms. The molecule has 0 amide bonds. The van der Waals surface area contributed by atoms with Gasteiger partial charge in [0.05, 0.1) is 6.61 Å². The van der Waals surface area contributed by atoms with Gasteiger partial charge >= 0.3 is 5.97 Å². The molecule has 3 atom stereocenters. The molecule has 1 fully saturated rings. The van der Waals surface area contributed by atoms with E-state index in [1.165, 1.54) is 11.1 Å². The van der Waals surface area contributed by atoms with E-state index in [1.54, 1.807) is 0 Å². The molecule has 1 aliphatic heterocycles. The van der Waals surface area contributed by atoms with Gasteiger partial charge in [-0.3, -0.25) is 10.1 Å². The third-order valence-electron chi connectivity index (χ3n) is 4.23. The molecule has 0 radical (unpaired) electrons. The van der Waals surface area contributed by atoms with Crippen LogP contribution in [0.3, 0.4) is 0 Å². The first-order valence-corrected chi connectivity index (χ1v) is 7.82. The molecule has 0 saturated carbocycles. The Kier molecular flexibility index (Phi) is 4.54. The van der Waals surface area contributed by atoms with Crippen molar-refractivity contribution < 1.29 is 9.53 Å². The summed E-state index contributed by atoms with van der Waals surface area (Å²) in [6, 6.07) is 20.6. The number of ether oxygens (including phenoxy) is 1. The van der Waals surface area contributed by atoms with Crippen molar-refractivity contribution in [1.29, 1.82) is 0 Å². The lowest BCUT2D eigenvalue weighted by Gasteiger charge is -2.20. The topological polar surface area (TPSA) is 38.3 Å². The van der Waals surface area contributed by atoms with Crippen LogP contribution in [0, 0.1) is 0 Å². The lowest BCUT2D eigenvalue weighted by molar-refractivity contribution is -0.145. The minimum Gasteiger partial charge on any atom is -0.465 e. The first-order chi connectivity index (χ1) is 10.8. The van der Waals surface area contributed by atoms with Gasteiger partial charge in [0.15, 0.2) is 0 Å². The van der Waals surface area contributed by atoms with Gasteiger partial charge in [-0.25, -0.2) is 0 Å². The summed E-state index contributed by atoms with van der Waals surface area (Å²) in [5, 5.41) is 3.47. The molecule has 3 heteroatoms. The molecule has 22 heavy (non-hydrogen) atoms. The van der Waals surface area contributed by atoms with E-state index in [4.69, 9.17) is 4.74 Å². The number of carbonyl (C=O) groups is 1. The molecule has 3 nitrogen and oxygen atoms in total. The van der Waals surface area contributed by atoms with Gasteiger partial charge in [0.1, 0.15) is 6.04 Å². The molecule has 2 aromatic rings. The molecule has 2 aromatic carbocycles. The van der Waals surface area contributed by atoms with Crippen LogP contribution in [-0.4, -0.2) is 18.6 Å². The number of carbonyl (C=O) groups excluding carboxylic acids is 1. The molecule has 114 valence electrons. The van der Waals surface area contributed by atoms with E-state index in [9.17, 15) is 4.79 Å². The van der Waals surface area contributed by atoms with E-state index in [2.05, 4.69) is 41.7 Å². The Morgan fingerprint density at radius 2 is 1.64 bits per heavy atom. The largest absolute Gasteiger partial charge is 0.465 e. The van der Waals surface area contributed by atoms with Crippen LogP contribution < -0.4 is 5.32 Å². The van der Waals surface area contributed by atoms with Gasteiger partial charge in [0.25, 0.3) is 0 Å². The fourth-order valence-corrected chi connectivity index (χ4v) is 3.22. The Morgan fingerprint density at radius 1 is 1.05 bits per heavy atom. The number of esters is 1. The Hall–Kier alpha value is -2.13. The molecule has 1 N–H and O–H groups in total. The van der Waals surface area contributed by atoms with E-state index in [-0.39, 0.29) is 24.0 Å². The predicted octanol–water partition coefficient (Wildman–Crippen LogP) is 3.44. The summed E-state index contributed by atoms with van der Waals surface area (Å²) in [7, 11) is 0. The van der Waals surface area contributed by atoms with E-state index in [0.29, 0.717) is 6.61 Å². The van der Waals surface area contributed by atoms with Crippen molar-refractivity contribution in [3.63, 3.8) is 0 Å². The lowest BCUT2D eigenvalue weighted by atomic mass is 9.87. The summed E-state index contributed by atoms with van der Waals surface area (Å²) < 4.78 is 5.19. The second-order valence-electron chi connectivity index (χ2n) is 5.61. The maximum Gasteiger partial charge on any atom is 0.323 e. The fourth-order valence-electron chi connectivity index (χ4n) is 3.22. The van der Waals surface area contributed by atoms with Crippen LogP contribution in [0.25, 0.3) is 0 Å². The molecule has 3 rings (SSSR count). The standard InChI is InChI=1S/C19H21NO2/c1-2-22-19(21)17-13-16(14-9-5-3-6-10-14)18(20-17)15-11-7-4-8-12-15/h3-12,16-18,20H,2,13H2,1H3/t16-,17+,18+/m1/s1. The second kappa shape index (κ2) is 6.75. The summed E-state index contributed by atoms with van der Waals surface area (Å²) in [4.78, 5) is 12.1. The predicted molar refractivity (Wildman–Crippen MR) is 86.5 cm³/mol. The maximum absolute atomic E-state index is 12.1. The normalized spacial score (nSPS) is 24.1. The minimum absolute atomic E-state index is 0.137. The molecular formula is C19H21NO2. The highest BCUT2D eigenvalue weighted by molar-refractivity contribution is 5.76. The van der Waals surface area contributed by atoms with Crippen molar-refractivity contribution in [1.82, 2.24) is 5.32 Å². The van der Waals surface area contributed by atoms with E-state index in [1.807, 2.05) is 31.2 Å². The van der Waals surface area contributed by atoms with Crippen molar-refractivity contribution >= 4 is 5.97 Å². The summed E-state index contributed by atoms with van der Waals surface area (Å²) in [5.74, 6) is 0.125. The first kappa shape index (κ1) is 14.8. The van der Waals surface area contributed by atoms with Gasteiger partial charge in [-0.1, -0.05) is 60.7 Å². The third-order valence-corrected chi connectivity index (χ3v) is 4.23. The molecule has 0 aliphatic carbocycles. The maximum atomic E-state index is 12.1. The monoisotopic (exact) mass is 295 g/mol. The second-order valence-corrected chi connectivity index (χ2v) is 5.61. The van der Waals surface area contributed by atoms with Crippen LogP contribution >= 0.6 is 0 Å². The smallest absolute Gasteiger partial charge is 0.323 e. The van der Waals surface area contributed by atoms with Gasteiger partial charge in [-0.15, -0.1) is 0 Å². The minimum atomic E-state index is -0.240. The van der Waals surface area contributed by atoms with Crippen LogP contribution in [0.2, 0.25) is 0 Å². The molecule has 1 saturated heterocycles. The number of nitrogens with one attached hydrogen (secondary N) is 1. The average Bonchev–Trinajstić information content (AvgIpc) is 3.02. The number of hydrogen-bond acceptors (Lipinski definition) is 3. The van der Waals surface area contributed by atoms with Gasteiger partial charge < -0.3 is 4.74 Å². The highest BCUT2D eigenvalue weighted by atomic mass is 16.5. The molecular weight excluding hydrogens is 274 g/mol. The van der Waals surface area contributed by atoms with Gasteiger partial charge in [-0.05, 0) is 24.5 Å². The SMILES string of the molecule is CCOC(=O)[C@@H]1C[C@H](c2ccccc2)[C@H](c2ccccc2)N1. The van der Waals surface area contributed by atoms with Crippen LogP contribution in [0.5, 0.6) is 0 Å². The third kappa shape index (κ3) is 3.04. The van der Waals surface area contributed by atoms with Gasteiger partial charge in [0.2, 0.25) is 0 Å². The Labute approximate surface area is 131 Å². The van der Waals surface area contributed by atoms with Crippen molar-refractivity contribution in [2.75, 3.05) is 6.61 Å². The molecule has 0 bridgehead atoms. The molecule has 0 aromatic heterocycles. The van der Waals surface area contributed by atoms with Crippen LogP contribution in [0.4, 0.5) is 0 Å². The first-order valence-electron chi connectivity index (χ1n) is 7.82. The lowest BCUT2D eigenvalue weighted by Crippen LogP contribution is -2.33. The average molecular weight is 295 g/mol. The molecule has 1 heterocycles. The van der Waals surface area contributed by atoms with Crippen molar-refractivity contribution in [3.05, 3.63) is 71.8 Å². The van der Waals surface area contributed by atoms with Crippen molar-refractivity contribution in [2.45, 2.75) is 31.3 Å². The van der Waals surface area contributed by atoms with E-state index >= 15 is 0 Å². The molecule has 0 unspecified atom stereocenters. The number of rotatable bonds is 4. The van der Waals surface area contributed by atoms with Gasteiger partial charge in [0, 0.05) is 12.0 Å². The Morgan fingerprint density at radius 3 is 2.23 bits per heavy atom. The highest BCUT2D eigenvalue weighted by Crippen LogP contribution is 2.40.